The standard InChI is InChI=1S/C12H22O3/c1-4-10-5-7-12(8-6-10,11(13)14)15-9(2)3/h9-10H,4-8H2,1-3H3,(H,13,14). The summed E-state index contributed by atoms with van der Waals surface area (Å²) in [5, 5.41) is 9.27. The Morgan fingerprint density at radius 1 is 1.47 bits per heavy atom. The van der Waals surface area contributed by atoms with Crippen LogP contribution >= 0.6 is 0 Å². The summed E-state index contributed by atoms with van der Waals surface area (Å²) in [6, 6.07) is 0. The summed E-state index contributed by atoms with van der Waals surface area (Å²) in [6.45, 7) is 5.97. The molecule has 88 valence electrons. The predicted octanol–water partition coefficient (Wildman–Crippen LogP) is 2.84. The number of carboxylic acid groups (broad SMARTS) is 1. The van der Waals surface area contributed by atoms with E-state index in [1.165, 1.54) is 0 Å². The molecule has 0 aromatic heterocycles. The van der Waals surface area contributed by atoms with Crippen molar-refractivity contribution in [1.29, 1.82) is 0 Å². The molecule has 1 fully saturated rings. The second-order valence-corrected chi connectivity index (χ2v) is 4.82. The van der Waals surface area contributed by atoms with E-state index in [2.05, 4.69) is 6.92 Å². The third-order valence-electron chi connectivity index (χ3n) is 3.34. The Bertz CT molecular complexity index is 215. The fourth-order valence-corrected chi connectivity index (χ4v) is 2.39. The molecule has 0 atom stereocenters. The minimum absolute atomic E-state index is 0.0146. The molecular formula is C12H22O3. The summed E-state index contributed by atoms with van der Waals surface area (Å²) in [7, 11) is 0. The highest BCUT2D eigenvalue weighted by Gasteiger charge is 2.43. The van der Waals surface area contributed by atoms with E-state index >= 15 is 0 Å². The molecule has 1 aliphatic carbocycles. The maximum absolute atomic E-state index is 11.3. The van der Waals surface area contributed by atoms with E-state index < -0.39 is 11.6 Å². The third-order valence-corrected chi connectivity index (χ3v) is 3.34. The van der Waals surface area contributed by atoms with Gasteiger partial charge in [-0.25, -0.2) is 4.79 Å². The Morgan fingerprint density at radius 3 is 2.33 bits per heavy atom. The van der Waals surface area contributed by atoms with E-state index in [1.54, 1.807) is 0 Å². The Kier molecular flexibility index (Phi) is 4.14. The fourth-order valence-electron chi connectivity index (χ4n) is 2.39. The highest BCUT2D eigenvalue weighted by Crippen LogP contribution is 2.37. The molecule has 0 aromatic carbocycles. The molecule has 0 heterocycles. The van der Waals surface area contributed by atoms with E-state index in [-0.39, 0.29) is 6.10 Å². The SMILES string of the molecule is CCC1CCC(OC(C)C)(C(=O)O)CC1. The fraction of sp³-hybridized carbons (Fsp3) is 0.917. The first-order valence-corrected chi connectivity index (χ1v) is 5.91. The van der Waals surface area contributed by atoms with Gasteiger partial charge in [0, 0.05) is 0 Å². The molecule has 1 rings (SSSR count). The van der Waals surface area contributed by atoms with E-state index in [0.717, 1.165) is 19.3 Å². The molecule has 1 saturated carbocycles. The van der Waals surface area contributed by atoms with Crippen molar-refractivity contribution in [1.82, 2.24) is 0 Å². The number of ether oxygens (including phenoxy) is 1. The first kappa shape index (κ1) is 12.5. The van der Waals surface area contributed by atoms with Crippen LogP contribution in [0.3, 0.4) is 0 Å². The second kappa shape index (κ2) is 4.97. The summed E-state index contributed by atoms with van der Waals surface area (Å²) in [4.78, 5) is 11.3. The predicted molar refractivity (Wildman–Crippen MR) is 58.8 cm³/mol. The molecule has 3 heteroatoms. The van der Waals surface area contributed by atoms with Gasteiger partial charge in [0.05, 0.1) is 6.10 Å². The van der Waals surface area contributed by atoms with Gasteiger partial charge in [0.2, 0.25) is 0 Å². The first-order valence-electron chi connectivity index (χ1n) is 5.91. The quantitative estimate of drug-likeness (QED) is 0.782. The van der Waals surface area contributed by atoms with Crippen molar-refractivity contribution in [3.63, 3.8) is 0 Å². The zero-order valence-corrected chi connectivity index (χ0v) is 9.95. The molecule has 15 heavy (non-hydrogen) atoms. The highest BCUT2D eigenvalue weighted by atomic mass is 16.5. The molecular weight excluding hydrogens is 192 g/mol. The Hall–Kier alpha value is -0.570. The number of carboxylic acids is 1. The molecule has 0 saturated heterocycles. The van der Waals surface area contributed by atoms with Gasteiger partial charge in [0.1, 0.15) is 0 Å². The van der Waals surface area contributed by atoms with Crippen LogP contribution < -0.4 is 0 Å². The smallest absolute Gasteiger partial charge is 0.335 e. The van der Waals surface area contributed by atoms with Crippen LogP contribution in [-0.4, -0.2) is 22.8 Å². The lowest BCUT2D eigenvalue weighted by Gasteiger charge is -2.37. The van der Waals surface area contributed by atoms with Crippen molar-refractivity contribution in [3.8, 4) is 0 Å². The van der Waals surface area contributed by atoms with Crippen LogP contribution in [0.1, 0.15) is 52.9 Å². The van der Waals surface area contributed by atoms with Gasteiger partial charge in [-0.3, -0.25) is 0 Å². The molecule has 0 radical (unpaired) electrons. The largest absolute Gasteiger partial charge is 0.479 e. The molecule has 1 aliphatic rings. The zero-order chi connectivity index (χ0) is 11.5. The number of rotatable bonds is 4. The maximum atomic E-state index is 11.3. The van der Waals surface area contributed by atoms with Gasteiger partial charge in [-0.2, -0.15) is 0 Å². The van der Waals surface area contributed by atoms with Crippen LogP contribution in [0, 0.1) is 5.92 Å². The van der Waals surface area contributed by atoms with E-state index in [0.29, 0.717) is 18.8 Å². The summed E-state index contributed by atoms with van der Waals surface area (Å²) in [5.74, 6) is -0.0982. The number of hydrogen-bond acceptors (Lipinski definition) is 2. The van der Waals surface area contributed by atoms with Crippen LogP contribution in [0.5, 0.6) is 0 Å². The molecule has 0 bridgehead atoms. The Labute approximate surface area is 91.8 Å². The Morgan fingerprint density at radius 2 is 2.00 bits per heavy atom. The molecule has 1 N–H and O–H groups in total. The minimum Gasteiger partial charge on any atom is -0.479 e. The van der Waals surface area contributed by atoms with E-state index in [4.69, 9.17) is 4.74 Å². The third kappa shape index (κ3) is 2.94. The van der Waals surface area contributed by atoms with Crippen LogP contribution in [0.25, 0.3) is 0 Å². The van der Waals surface area contributed by atoms with Crippen LogP contribution in [0.15, 0.2) is 0 Å². The Balaban J connectivity index is 2.65. The van der Waals surface area contributed by atoms with E-state index in [1.807, 2.05) is 13.8 Å². The van der Waals surface area contributed by atoms with Gasteiger partial charge in [-0.15, -0.1) is 0 Å². The van der Waals surface area contributed by atoms with Gasteiger partial charge in [-0.05, 0) is 45.4 Å². The molecule has 0 aromatic rings. The van der Waals surface area contributed by atoms with Crippen molar-refractivity contribution in [2.75, 3.05) is 0 Å². The first-order chi connectivity index (χ1) is 7.00. The zero-order valence-electron chi connectivity index (χ0n) is 9.95. The van der Waals surface area contributed by atoms with Gasteiger partial charge in [-0.1, -0.05) is 13.3 Å². The van der Waals surface area contributed by atoms with E-state index in [9.17, 15) is 9.90 Å². The lowest BCUT2D eigenvalue weighted by atomic mass is 9.77. The topological polar surface area (TPSA) is 46.5 Å². The van der Waals surface area contributed by atoms with Crippen LogP contribution in [0.4, 0.5) is 0 Å². The monoisotopic (exact) mass is 214 g/mol. The number of hydrogen-bond donors (Lipinski definition) is 1. The van der Waals surface area contributed by atoms with Gasteiger partial charge in [0.15, 0.2) is 5.60 Å². The van der Waals surface area contributed by atoms with Crippen molar-refractivity contribution in [3.05, 3.63) is 0 Å². The molecule has 3 nitrogen and oxygen atoms in total. The minimum atomic E-state index is -0.903. The highest BCUT2D eigenvalue weighted by molar-refractivity contribution is 5.77. The molecule has 0 spiro atoms. The van der Waals surface area contributed by atoms with Crippen molar-refractivity contribution in [2.24, 2.45) is 5.92 Å². The van der Waals surface area contributed by atoms with Gasteiger partial charge in [0.25, 0.3) is 0 Å². The summed E-state index contributed by atoms with van der Waals surface area (Å²) < 4.78 is 5.63. The number of aliphatic carboxylic acids is 1. The average molecular weight is 214 g/mol. The molecule has 0 aliphatic heterocycles. The van der Waals surface area contributed by atoms with Gasteiger partial charge < -0.3 is 9.84 Å². The molecule has 0 amide bonds. The van der Waals surface area contributed by atoms with Crippen LogP contribution in [-0.2, 0) is 9.53 Å². The summed E-state index contributed by atoms with van der Waals surface area (Å²) in [5.41, 5.74) is -0.903. The maximum Gasteiger partial charge on any atom is 0.335 e. The van der Waals surface area contributed by atoms with Gasteiger partial charge >= 0.3 is 5.97 Å². The average Bonchev–Trinajstić information content (AvgIpc) is 2.17. The second-order valence-electron chi connectivity index (χ2n) is 4.82. The number of carbonyl (C=O) groups is 1. The normalized spacial score (nSPS) is 31.9. The summed E-state index contributed by atoms with van der Waals surface area (Å²) >= 11 is 0. The van der Waals surface area contributed by atoms with Crippen LogP contribution in [0.2, 0.25) is 0 Å². The van der Waals surface area contributed by atoms with Crippen molar-refractivity contribution in [2.45, 2.75) is 64.6 Å². The summed E-state index contributed by atoms with van der Waals surface area (Å²) in [6.07, 6.45) is 4.43. The van der Waals surface area contributed by atoms with Crippen molar-refractivity contribution < 1.29 is 14.6 Å². The van der Waals surface area contributed by atoms with Crippen molar-refractivity contribution >= 4 is 5.97 Å². The molecule has 0 unspecified atom stereocenters. The lowest BCUT2D eigenvalue weighted by molar-refractivity contribution is -0.178. The lowest BCUT2D eigenvalue weighted by Crippen LogP contribution is -2.46.